The van der Waals surface area contributed by atoms with E-state index in [-0.39, 0.29) is 22.2 Å². The van der Waals surface area contributed by atoms with Gasteiger partial charge < -0.3 is 14.8 Å². The fourth-order valence-corrected chi connectivity index (χ4v) is 3.15. The molecule has 0 aliphatic carbocycles. The van der Waals surface area contributed by atoms with Crippen LogP contribution in [0.4, 0.5) is 10.1 Å². The molecule has 8 nitrogen and oxygen atoms in total. The van der Waals surface area contributed by atoms with Gasteiger partial charge in [-0.1, -0.05) is 17.7 Å². The van der Waals surface area contributed by atoms with Gasteiger partial charge in [-0.15, -0.1) is 11.3 Å². The van der Waals surface area contributed by atoms with Crippen LogP contribution in [0.15, 0.2) is 59.0 Å². The van der Waals surface area contributed by atoms with Crippen molar-refractivity contribution in [3.63, 3.8) is 0 Å². The Kier molecular flexibility index (Phi) is 7.53. The second-order valence-corrected chi connectivity index (χ2v) is 7.41. The van der Waals surface area contributed by atoms with Crippen LogP contribution in [-0.4, -0.2) is 31.1 Å². The van der Waals surface area contributed by atoms with Crippen molar-refractivity contribution in [1.82, 2.24) is 5.43 Å². The summed E-state index contributed by atoms with van der Waals surface area (Å²) in [5, 5.41) is 7.55. The Labute approximate surface area is 190 Å². The summed E-state index contributed by atoms with van der Waals surface area (Å²) in [6.07, 6.45) is 1.27. The summed E-state index contributed by atoms with van der Waals surface area (Å²) < 4.78 is 23.7. The van der Waals surface area contributed by atoms with Gasteiger partial charge in [-0.05, 0) is 53.4 Å². The molecule has 0 fully saturated rings. The zero-order valence-electron chi connectivity index (χ0n) is 16.4. The molecule has 2 N–H and O–H groups in total. The summed E-state index contributed by atoms with van der Waals surface area (Å²) in [7, 11) is 1.41. The van der Waals surface area contributed by atoms with Gasteiger partial charge in [0.1, 0.15) is 10.7 Å². The van der Waals surface area contributed by atoms with Crippen LogP contribution in [0.1, 0.15) is 15.2 Å². The van der Waals surface area contributed by atoms with E-state index in [4.69, 9.17) is 21.1 Å². The summed E-state index contributed by atoms with van der Waals surface area (Å²) in [6, 6.07) is 11.5. The fraction of sp³-hybridized carbons (Fsp3) is 0.0476. The molecule has 0 saturated carbocycles. The predicted octanol–water partition coefficient (Wildman–Crippen LogP) is 3.86. The number of carbonyl (C=O) groups is 3. The van der Waals surface area contributed by atoms with Crippen molar-refractivity contribution in [2.45, 2.75) is 0 Å². The lowest BCUT2D eigenvalue weighted by Gasteiger charge is -2.09. The molecule has 0 atom stereocenters. The van der Waals surface area contributed by atoms with Crippen LogP contribution in [0.25, 0.3) is 0 Å². The molecule has 3 rings (SSSR count). The number of benzene rings is 2. The summed E-state index contributed by atoms with van der Waals surface area (Å²) in [5.41, 5.74) is 2.72. The number of anilines is 1. The van der Waals surface area contributed by atoms with Gasteiger partial charge in [0.15, 0.2) is 11.5 Å². The van der Waals surface area contributed by atoms with E-state index in [1.54, 1.807) is 23.6 Å². The predicted molar refractivity (Wildman–Crippen MR) is 118 cm³/mol. The standard InChI is InChI=1S/C21H15ClFN3O5S/c1-30-17-9-12(4-7-16(17)31-21(29)18-3-2-8-32-18)11-24-26-20(28)19(27)25-13-5-6-15(23)14(22)10-13/h2-11H,1H3,(H,25,27)(H,26,28)/b24-11+. The van der Waals surface area contributed by atoms with E-state index in [9.17, 15) is 18.8 Å². The number of hydrazone groups is 1. The van der Waals surface area contributed by atoms with Crippen molar-refractivity contribution < 1.29 is 28.2 Å². The number of hydrogen-bond acceptors (Lipinski definition) is 7. The maximum atomic E-state index is 13.2. The SMILES string of the molecule is COc1cc(/C=N/NC(=O)C(=O)Nc2ccc(F)c(Cl)c2)ccc1OC(=O)c1cccs1. The van der Waals surface area contributed by atoms with Gasteiger partial charge in [0.25, 0.3) is 0 Å². The van der Waals surface area contributed by atoms with Crippen LogP contribution in [0.5, 0.6) is 11.5 Å². The van der Waals surface area contributed by atoms with E-state index in [0.717, 1.165) is 6.07 Å². The summed E-state index contributed by atoms with van der Waals surface area (Å²) in [6.45, 7) is 0. The average molecular weight is 476 g/mol. The largest absolute Gasteiger partial charge is 0.493 e. The number of ether oxygens (including phenoxy) is 2. The summed E-state index contributed by atoms with van der Waals surface area (Å²) >= 11 is 6.88. The summed E-state index contributed by atoms with van der Waals surface area (Å²) in [4.78, 5) is 36.3. The van der Waals surface area contributed by atoms with E-state index in [1.807, 2.05) is 0 Å². The molecule has 11 heteroatoms. The lowest BCUT2D eigenvalue weighted by atomic mass is 10.2. The third-order valence-corrected chi connectivity index (χ3v) is 5.02. The van der Waals surface area contributed by atoms with Crippen LogP contribution in [-0.2, 0) is 9.59 Å². The molecule has 1 heterocycles. The molecule has 0 saturated heterocycles. The van der Waals surface area contributed by atoms with Crippen molar-refractivity contribution in [1.29, 1.82) is 0 Å². The van der Waals surface area contributed by atoms with E-state index >= 15 is 0 Å². The third kappa shape index (κ3) is 5.90. The Hall–Kier alpha value is -3.76. The number of nitrogens with one attached hydrogen (secondary N) is 2. The topological polar surface area (TPSA) is 106 Å². The molecular formula is C21H15ClFN3O5S. The molecule has 0 aliphatic heterocycles. The van der Waals surface area contributed by atoms with Crippen molar-refractivity contribution in [3.05, 3.63) is 75.2 Å². The maximum Gasteiger partial charge on any atom is 0.353 e. The van der Waals surface area contributed by atoms with Gasteiger partial charge in [0.2, 0.25) is 0 Å². The van der Waals surface area contributed by atoms with Crippen LogP contribution in [0.3, 0.4) is 0 Å². The monoisotopic (exact) mass is 475 g/mol. The molecule has 2 aromatic carbocycles. The highest BCUT2D eigenvalue weighted by Crippen LogP contribution is 2.29. The van der Waals surface area contributed by atoms with Crippen molar-refractivity contribution in [2.75, 3.05) is 12.4 Å². The molecule has 32 heavy (non-hydrogen) atoms. The Morgan fingerprint density at radius 1 is 1.09 bits per heavy atom. The molecule has 0 aliphatic rings. The fourth-order valence-electron chi connectivity index (χ4n) is 2.37. The van der Waals surface area contributed by atoms with Gasteiger partial charge in [0, 0.05) is 5.69 Å². The molecule has 164 valence electrons. The molecule has 1 aromatic heterocycles. The Balaban J connectivity index is 1.59. The minimum absolute atomic E-state index is 0.151. The molecule has 3 aromatic rings. The number of hydrogen-bond donors (Lipinski definition) is 2. The molecule has 0 unspecified atom stereocenters. The molecule has 2 amide bonds. The second kappa shape index (κ2) is 10.5. The first-order chi connectivity index (χ1) is 15.4. The zero-order valence-corrected chi connectivity index (χ0v) is 18.0. The first kappa shape index (κ1) is 22.9. The second-order valence-electron chi connectivity index (χ2n) is 6.06. The number of halogens is 2. The van der Waals surface area contributed by atoms with Crippen LogP contribution in [0.2, 0.25) is 5.02 Å². The van der Waals surface area contributed by atoms with E-state index in [2.05, 4.69) is 15.8 Å². The van der Waals surface area contributed by atoms with Crippen molar-refractivity contribution in [2.24, 2.45) is 5.10 Å². The van der Waals surface area contributed by atoms with E-state index in [1.165, 1.54) is 48.9 Å². The van der Waals surface area contributed by atoms with E-state index < -0.39 is 23.6 Å². The van der Waals surface area contributed by atoms with Gasteiger partial charge in [0.05, 0.1) is 18.3 Å². The average Bonchev–Trinajstić information content (AvgIpc) is 3.32. The highest BCUT2D eigenvalue weighted by molar-refractivity contribution is 7.12. The number of amides is 2. The Bertz CT molecular complexity index is 1180. The third-order valence-electron chi connectivity index (χ3n) is 3.88. The minimum Gasteiger partial charge on any atom is -0.493 e. The summed E-state index contributed by atoms with van der Waals surface area (Å²) in [5.74, 6) is -2.74. The lowest BCUT2D eigenvalue weighted by molar-refractivity contribution is -0.136. The van der Waals surface area contributed by atoms with Crippen molar-refractivity contribution >= 4 is 52.6 Å². The number of esters is 1. The number of rotatable bonds is 6. The maximum absolute atomic E-state index is 13.2. The smallest absolute Gasteiger partial charge is 0.353 e. The Morgan fingerprint density at radius 2 is 1.91 bits per heavy atom. The van der Waals surface area contributed by atoms with Crippen molar-refractivity contribution in [3.8, 4) is 11.5 Å². The van der Waals surface area contributed by atoms with E-state index in [0.29, 0.717) is 10.4 Å². The highest BCUT2D eigenvalue weighted by Gasteiger charge is 2.15. The van der Waals surface area contributed by atoms with Gasteiger partial charge in [-0.2, -0.15) is 5.10 Å². The van der Waals surface area contributed by atoms with Gasteiger partial charge in [-0.25, -0.2) is 14.6 Å². The number of methoxy groups -OCH3 is 1. The zero-order chi connectivity index (χ0) is 23.1. The number of nitrogens with zero attached hydrogens (tertiary/aromatic N) is 1. The molecular weight excluding hydrogens is 461 g/mol. The first-order valence-electron chi connectivity index (χ1n) is 8.90. The van der Waals surface area contributed by atoms with Crippen LogP contribution in [0, 0.1) is 5.82 Å². The molecule has 0 spiro atoms. The number of thiophene rings is 1. The van der Waals surface area contributed by atoms with Crippen LogP contribution >= 0.6 is 22.9 Å². The van der Waals surface area contributed by atoms with Crippen LogP contribution < -0.4 is 20.2 Å². The number of carbonyl (C=O) groups excluding carboxylic acids is 3. The minimum atomic E-state index is -1.05. The molecule has 0 bridgehead atoms. The highest BCUT2D eigenvalue weighted by atomic mass is 35.5. The lowest BCUT2D eigenvalue weighted by Crippen LogP contribution is -2.32. The molecule has 0 radical (unpaired) electrons. The quantitative estimate of drug-likeness (QED) is 0.185. The first-order valence-corrected chi connectivity index (χ1v) is 10.2. The normalized spacial score (nSPS) is 10.6. The van der Waals surface area contributed by atoms with Gasteiger partial charge >= 0.3 is 17.8 Å². The van der Waals surface area contributed by atoms with Gasteiger partial charge in [-0.3, -0.25) is 9.59 Å². The Morgan fingerprint density at radius 3 is 2.59 bits per heavy atom.